The standard InChI is InChI=1S/2C28H52N4O8/c1-26(2,3)38-23(35)19-30-12-10-29(18-22(33)34)11-13-31(20-24(36)39-27(4,5)6)15-17-32(16-14-30)21-25(37)40-28(7,8)9;1-25(2,3)24-28(26(4,5)6,27(7,8)9)32(19-23(39)40)15-13-30(17-21(35)36)11-10-29(16-20(33)34)12-14-31(24)18-22(37)38/h10-21H2,1-9H3,(H,33,34);24H,10-19H2,1-9H3,(H,33,34)(H,35,36)(H,37,38)(H,39,40). The molecule has 5 N–H and O–H groups in total. The summed E-state index contributed by atoms with van der Waals surface area (Å²) in [7, 11) is 0. The Balaban J connectivity index is 0.000000800. The lowest BCUT2D eigenvalue weighted by Crippen LogP contribution is -2.78. The number of carbonyl (C=O) groups is 8. The van der Waals surface area contributed by atoms with Gasteiger partial charge in [0.15, 0.2) is 0 Å². The Morgan fingerprint density at radius 3 is 0.775 bits per heavy atom. The molecule has 0 bridgehead atoms. The summed E-state index contributed by atoms with van der Waals surface area (Å²) in [5.41, 5.74) is -4.52. The van der Waals surface area contributed by atoms with Gasteiger partial charge in [-0.3, -0.25) is 77.6 Å². The largest absolute Gasteiger partial charge is 0.480 e. The van der Waals surface area contributed by atoms with Crippen LogP contribution in [0.25, 0.3) is 0 Å². The van der Waals surface area contributed by atoms with Crippen LogP contribution in [0.15, 0.2) is 0 Å². The maximum atomic E-state index is 12.7. The van der Waals surface area contributed by atoms with E-state index in [1.54, 1.807) is 56.2 Å². The molecular weight excluding hydrogens is 1040 g/mol. The van der Waals surface area contributed by atoms with Crippen molar-refractivity contribution >= 4 is 47.8 Å². The molecule has 2 rings (SSSR count). The van der Waals surface area contributed by atoms with Crippen LogP contribution in [0.4, 0.5) is 0 Å². The van der Waals surface area contributed by atoms with Crippen LogP contribution in [0.2, 0.25) is 0 Å². The average Bonchev–Trinajstić information content (AvgIpc) is 3.21. The summed E-state index contributed by atoms with van der Waals surface area (Å²) in [6, 6.07) is -0.491. The Kier molecular flexibility index (Phi) is 28.6. The van der Waals surface area contributed by atoms with Gasteiger partial charge in [0.2, 0.25) is 0 Å². The molecule has 1 unspecified atom stereocenters. The van der Waals surface area contributed by atoms with Gasteiger partial charge in [0.1, 0.15) is 16.8 Å². The Morgan fingerprint density at radius 1 is 0.338 bits per heavy atom. The van der Waals surface area contributed by atoms with E-state index >= 15 is 0 Å². The maximum Gasteiger partial charge on any atom is 0.320 e. The zero-order valence-corrected chi connectivity index (χ0v) is 51.9. The molecule has 0 amide bonds. The third-order valence-electron chi connectivity index (χ3n) is 13.5. The van der Waals surface area contributed by atoms with E-state index in [0.717, 1.165) is 0 Å². The lowest BCUT2D eigenvalue weighted by atomic mass is 9.51. The molecule has 0 radical (unpaired) electrons. The van der Waals surface area contributed by atoms with Gasteiger partial charge in [-0.05, 0) is 78.6 Å². The van der Waals surface area contributed by atoms with Gasteiger partial charge >= 0.3 is 47.8 Å². The lowest BCUT2D eigenvalue weighted by molar-refractivity contribution is -0.181. The predicted molar refractivity (Wildman–Crippen MR) is 302 cm³/mol. The molecule has 0 aromatic rings. The first kappa shape index (κ1) is 73.5. The number of carboxylic acids is 5. The van der Waals surface area contributed by atoms with Gasteiger partial charge in [-0.2, -0.15) is 0 Å². The van der Waals surface area contributed by atoms with Crippen LogP contribution in [-0.2, 0) is 52.6 Å². The van der Waals surface area contributed by atoms with Crippen LogP contribution < -0.4 is 0 Å². The number of hydrogen-bond acceptors (Lipinski definition) is 19. The number of esters is 3. The SMILES string of the molecule is CC(C)(C)C1N(CC(=O)O)CCN(CC(=O)O)CCN(CC(=O)O)CCN(CC(=O)O)C1(C(C)(C)C)C(C)(C)C.CC(C)(C)OC(=O)CN1CCN(CC(=O)O)CCN(CC(=O)OC(C)(C)C)CCN(CC(=O)OC(C)(C)C)CC1. The van der Waals surface area contributed by atoms with E-state index < -0.39 is 74.5 Å². The van der Waals surface area contributed by atoms with Crippen molar-refractivity contribution in [3.05, 3.63) is 0 Å². The number of rotatable bonds is 16. The molecule has 0 aliphatic carbocycles. The summed E-state index contributed by atoms with van der Waals surface area (Å²) in [6.45, 7) is 38.4. The van der Waals surface area contributed by atoms with Gasteiger partial charge < -0.3 is 39.7 Å². The molecule has 0 aromatic carbocycles. The second kappa shape index (κ2) is 31.2. The summed E-state index contributed by atoms with van der Waals surface area (Å²) in [6.07, 6.45) is 0. The molecule has 2 heterocycles. The zero-order chi connectivity index (χ0) is 62.0. The Morgan fingerprint density at radius 2 is 0.562 bits per heavy atom. The third kappa shape index (κ3) is 27.9. The molecule has 464 valence electrons. The Labute approximate surface area is 476 Å². The fraction of sp³-hybridized carbons (Fsp3) is 0.857. The highest BCUT2D eigenvalue weighted by Crippen LogP contribution is 2.55. The van der Waals surface area contributed by atoms with E-state index in [4.69, 9.17) is 14.2 Å². The molecule has 24 nitrogen and oxygen atoms in total. The highest BCUT2D eigenvalue weighted by molar-refractivity contribution is 5.74. The van der Waals surface area contributed by atoms with Crippen LogP contribution in [0.5, 0.6) is 0 Å². The molecule has 2 aliphatic rings. The minimum atomic E-state index is -1.03. The maximum absolute atomic E-state index is 12.7. The number of nitrogens with zero attached hydrogens (tertiary/aromatic N) is 8. The van der Waals surface area contributed by atoms with Gasteiger partial charge in [0, 0.05) is 103 Å². The minimum Gasteiger partial charge on any atom is -0.480 e. The fourth-order valence-electron chi connectivity index (χ4n) is 11.3. The van der Waals surface area contributed by atoms with Crippen LogP contribution in [0.1, 0.15) is 125 Å². The van der Waals surface area contributed by atoms with Crippen LogP contribution >= 0.6 is 0 Å². The molecule has 80 heavy (non-hydrogen) atoms. The molecular formula is C56H104N8O16. The summed E-state index contributed by atoms with van der Waals surface area (Å²) in [4.78, 5) is 112. The van der Waals surface area contributed by atoms with Crippen LogP contribution in [0.3, 0.4) is 0 Å². The van der Waals surface area contributed by atoms with E-state index in [1.807, 2.05) is 108 Å². The molecule has 24 heteroatoms. The van der Waals surface area contributed by atoms with Crippen molar-refractivity contribution in [3.63, 3.8) is 0 Å². The van der Waals surface area contributed by atoms with Gasteiger partial charge in [-0.25, -0.2) is 0 Å². The van der Waals surface area contributed by atoms with E-state index in [1.165, 1.54) is 0 Å². The quantitative estimate of drug-likeness (QED) is 0.110. The normalized spacial score (nSPS) is 20.1. The van der Waals surface area contributed by atoms with Crippen LogP contribution in [-0.4, -0.2) is 285 Å². The highest BCUT2D eigenvalue weighted by Gasteiger charge is 2.63. The predicted octanol–water partition coefficient (Wildman–Crippen LogP) is 3.11. The van der Waals surface area contributed by atoms with E-state index in [0.29, 0.717) is 52.4 Å². The molecule has 0 saturated carbocycles. The minimum absolute atomic E-state index is 0.0449. The molecule has 2 aliphatic heterocycles. The summed E-state index contributed by atoms with van der Waals surface area (Å²) in [5, 5.41) is 48.8. The monoisotopic (exact) mass is 1140 g/mol. The zero-order valence-electron chi connectivity index (χ0n) is 51.9. The molecule has 1 atom stereocenters. The van der Waals surface area contributed by atoms with Gasteiger partial charge in [0.25, 0.3) is 0 Å². The number of carbonyl (C=O) groups excluding carboxylic acids is 3. The number of ether oxygens (including phenoxy) is 3. The van der Waals surface area contributed by atoms with Gasteiger partial charge in [-0.15, -0.1) is 0 Å². The number of hydrogen-bond donors (Lipinski definition) is 5. The van der Waals surface area contributed by atoms with Crippen molar-refractivity contribution in [2.45, 2.75) is 153 Å². The first-order chi connectivity index (χ1) is 36.2. The van der Waals surface area contributed by atoms with Crippen molar-refractivity contribution in [3.8, 4) is 0 Å². The first-order valence-electron chi connectivity index (χ1n) is 27.8. The van der Waals surface area contributed by atoms with Crippen LogP contribution in [0, 0.1) is 16.2 Å². The summed E-state index contributed by atoms with van der Waals surface area (Å²) in [5.74, 6) is -6.16. The van der Waals surface area contributed by atoms with Crippen molar-refractivity contribution in [1.82, 2.24) is 39.2 Å². The summed E-state index contributed by atoms with van der Waals surface area (Å²) >= 11 is 0. The second-order valence-electron chi connectivity index (χ2n) is 27.3. The Hall–Kier alpha value is -4.56. The lowest BCUT2D eigenvalue weighted by Gasteiger charge is -2.67. The van der Waals surface area contributed by atoms with Gasteiger partial charge in [-0.1, -0.05) is 62.3 Å². The van der Waals surface area contributed by atoms with Crippen molar-refractivity contribution < 1.29 is 78.1 Å². The topological polar surface area (TPSA) is 291 Å². The second-order valence-corrected chi connectivity index (χ2v) is 27.3. The molecule has 2 saturated heterocycles. The first-order valence-corrected chi connectivity index (χ1v) is 27.8. The smallest absolute Gasteiger partial charge is 0.320 e. The number of carboxylic acid groups (broad SMARTS) is 5. The third-order valence-corrected chi connectivity index (χ3v) is 13.5. The van der Waals surface area contributed by atoms with Crippen molar-refractivity contribution in [1.29, 1.82) is 0 Å². The summed E-state index contributed by atoms with van der Waals surface area (Å²) < 4.78 is 16.6. The van der Waals surface area contributed by atoms with Gasteiger partial charge in [0.05, 0.1) is 52.4 Å². The van der Waals surface area contributed by atoms with Crippen molar-refractivity contribution in [2.24, 2.45) is 16.2 Å². The highest BCUT2D eigenvalue weighted by atomic mass is 16.6. The molecule has 0 spiro atoms. The average molecular weight is 1150 g/mol. The number of aliphatic carboxylic acids is 5. The molecule has 0 aromatic heterocycles. The fourth-order valence-corrected chi connectivity index (χ4v) is 11.3. The van der Waals surface area contributed by atoms with E-state index in [-0.39, 0.29) is 110 Å². The van der Waals surface area contributed by atoms with Crippen molar-refractivity contribution in [2.75, 3.05) is 144 Å². The Bertz CT molecular complexity index is 1970. The van der Waals surface area contributed by atoms with E-state index in [9.17, 15) is 63.9 Å². The van der Waals surface area contributed by atoms with E-state index in [2.05, 4.69) is 0 Å². The molecule has 2 fully saturated rings.